The summed E-state index contributed by atoms with van der Waals surface area (Å²) in [4.78, 5) is 18.3. The Balaban J connectivity index is 0.00000225. The van der Waals surface area contributed by atoms with Gasteiger partial charge >= 0.3 is 0 Å². The van der Waals surface area contributed by atoms with E-state index in [9.17, 15) is 9.18 Å². The number of halogens is 2. The van der Waals surface area contributed by atoms with Crippen LogP contribution in [0.3, 0.4) is 0 Å². The highest BCUT2D eigenvalue weighted by Crippen LogP contribution is 2.17. The summed E-state index contributed by atoms with van der Waals surface area (Å²) in [5, 5.41) is 3.89. The molecule has 8 heteroatoms. The van der Waals surface area contributed by atoms with Crippen molar-refractivity contribution in [1.82, 2.24) is 15.0 Å². The third kappa shape index (κ3) is 5.24. The van der Waals surface area contributed by atoms with Gasteiger partial charge in [-0.1, -0.05) is 5.16 Å². The van der Waals surface area contributed by atoms with Crippen LogP contribution in [0.15, 0.2) is 28.8 Å². The van der Waals surface area contributed by atoms with Crippen molar-refractivity contribution in [3.63, 3.8) is 0 Å². The van der Waals surface area contributed by atoms with Gasteiger partial charge in [-0.15, -0.1) is 12.4 Å². The number of amides is 1. The second kappa shape index (κ2) is 8.92. The van der Waals surface area contributed by atoms with Crippen molar-refractivity contribution in [1.29, 1.82) is 0 Å². The molecule has 1 fully saturated rings. The molecule has 1 aliphatic rings. The number of hydrogen-bond donors (Lipinski definition) is 1. The molecule has 0 saturated carbocycles. The smallest absolute Gasteiger partial charge is 0.226 e. The van der Waals surface area contributed by atoms with E-state index in [2.05, 4.69) is 10.1 Å². The largest absolute Gasteiger partial charge is 0.343 e. The molecule has 1 aromatic carbocycles. The van der Waals surface area contributed by atoms with E-state index in [-0.39, 0.29) is 30.2 Å². The first-order valence-electron chi connectivity index (χ1n) is 8.23. The Kier molecular flexibility index (Phi) is 6.90. The zero-order chi connectivity index (χ0) is 16.9. The van der Waals surface area contributed by atoms with Crippen molar-refractivity contribution in [2.45, 2.75) is 38.1 Å². The van der Waals surface area contributed by atoms with E-state index in [1.165, 1.54) is 12.1 Å². The van der Waals surface area contributed by atoms with Gasteiger partial charge in [0.05, 0.1) is 0 Å². The van der Waals surface area contributed by atoms with E-state index in [0.717, 1.165) is 25.9 Å². The summed E-state index contributed by atoms with van der Waals surface area (Å²) in [5.74, 6) is 0.768. The van der Waals surface area contributed by atoms with Crippen molar-refractivity contribution in [3.05, 3.63) is 36.0 Å². The Bertz CT molecular complexity index is 684. The van der Waals surface area contributed by atoms with E-state index < -0.39 is 0 Å². The summed E-state index contributed by atoms with van der Waals surface area (Å²) in [6, 6.07) is 6.14. The molecule has 1 amide bonds. The third-order valence-electron chi connectivity index (χ3n) is 4.24. The van der Waals surface area contributed by atoms with Crippen LogP contribution in [0, 0.1) is 5.82 Å². The molecule has 0 unspecified atom stereocenters. The SMILES string of the molecule is Cl.NC1CCN(C(=O)CCCc2nc(-c3ccc(F)cc3)no2)CC1. The van der Waals surface area contributed by atoms with Crippen LogP contribution < -0.4 is 5.73 Å². The van der Waals surface area contributed by atoms with Gasteiger partial charge in [0, 0.05) is 37.5 Å². The minimum Gasteiger partial charge on any atom is -0.343 e. The van der Waals surface area contributed by atoms with Crippen LogP contribution in [-0.2, 0) is 11.2 Å². The predicted molar refractivity (Wildman–Crippen MR) is 93.7 cm³/mol. The van der Waals surface area contributed by atoms with Crippen molar-refractivity contribution >= 4 is 18.3 Å². The number of carbonyl (C=O) groups excluding carboxylic acids is 1. The van der Waals surface area contributed by atoms with E-state index >= 15 is 0 Å². The van der Waals surface area contributed by atoms with Gasteiger partial charge in [0.2, 0.25) is 17.6 Å². The Labute approximate surface area is 152 Å². The lowest BCUT2D eigenvalue weighted by atomic mass is 10.1. The van der Waals surface area contributed by atoms with Crippen LogP contribution in [0.5, 0.6) is 0 Å². The summed E-state index contributed by atoms with van der Waals surface area (Å²) in [5.41, 5.74) is 6.55. The summed E-state index contributed by atoms with van der Waals surface area (Å²) in [7, 11) is 0. The van der Waals surface area contributed by atoms with E-state index in [0.29, 0.717) is 36.5 Å². The normalized spacial score (nSPS) is 15.0. The highest BCUT2D eigenvalue weighted by Gasteiger charge is 2.20. The standard InChI is InChI=1S/C17H21FN4O2.ClH/c18-13-6-4-12(5-7-13)17-20-15(24-21-17)2-1-3-16(23)22-10-8-14(19)9-11-22;/h4-7,14H,1-3,8-11,19H2;1H. The minimum absolute atomic E-state index is 0. The van der Waals surface area contributed by atoms with E-state index in [1.54, 1.807) is 12.1 Å². The van der Waals surface area contributed by atoms with Crippen LogP contribution >= 0.6 is 12.4 Å². The Hall–Kier alpha value is -1.99. The molecule has 0 spiro atoms. The van der Waals surface area contributed by atoms with Crippen molar-refractivity contribution in [2.24, 2.45) is 5.73 Å². The van der Waals surface area contributed by atoms with Gasteiger partial charge in [0.15, 0.2) is 0 Å². The number of hydrogen-bond acceptors (Lipinski definition) is 5. The monoisotopic (exact) mass is 368 g/mol. The average Bonchev–Trinajstić information content (AvgIpc) is 3.05. The fourth-order valence-electron chi connectivity index (χ4n) is 2.77. The van der Waals surface area contributed by atoms with Gasteiger partial charge in [0.25, 0.3) is 0 Å². The summed E-state index contributed by atoms with van der Waals surface area (Å²) >= 11 is 0. The second-order valence-electron chi connectivity index (χ2n) is 6.09. The Morgan fingerprint density at radius 2 is 1.96 bits per heavy atom. The molecule has 1 saturated heterocycles. The number of nitrogens with two attached hydrogens (primary N) is 1. The molecule has 6 nitrogen and oxygen atoms in total. The average molecular weight is 369 g/mol. The lowest BCUT2D eigenvalue weighted by Gasteiger charge is -2.30. The highest BCUT2D eigenvalue weighted by molar-refractivity contribution is 5.85. The summed E-state index contributed by atoms with van der Waals surface area (Å²) in [6.45, 7) is 1.49. The third-order valence-corrected chi connectivity index (χ3v) is 4.24. The summed E-state index contributed by atoms with van der Waals surface area (Å²) < 4.78 is 18.1. The first-order chi connectivity index (χ1) is 11.6. The summed E-state index contributed by atoms with van der Waals surface area (Å²) in [6.07, 6.45) is 3.41. The quantitative estimate of drug-likeness (QED) is 0.876. The van der Waals surface area contributed by atoms with Crippen molar-refractivity contribution in [2.75, 3.05) is 13.1 Å². The number of likely N-dealkylation sites (tertiary alicyclic amines) is 1. The van der Waals surface area contributed by atoms with Gasteiger partial charge in [-0.05, 0) is 43.5 Å². The molecular weight excluding hydrogens is 347 g/mol. The van der Waals surface area contributed by atoms with Crippen LogP contribution in [-0.4, -0.2) is 40.1 Å². The number of rotatable bonds is 5. The molecule has 3 rings (SSSR count). The number of nitrogens with zero attached hydrogens (tertiary/aromatic N) is 3. The minimum atomic E-state index is -0.306. The maximum Gasteiger partial charge on any atom is 0.226 e. The van der Waals surface area contributed by atoms with Crippen LogP contribution in [0.2, 0.25) is 0 Å². The van der Waals surface area contributed by atoms with Gasteiger partial charge in [-0.2, -0.15) is 4.98 Å². The molecular formula is C17H22ClFN4O2. The van der Waals surface area contributed by atoms with Crippen LogP contribution in [0.25, 0.3) is 11.4 Å². The van der Waals surface area contributed by atoms with Gasteiger partial charge < -0.3 is 15.2 Å². The maximum absolute atomic E-state index is 12.9. The molecule has 136 valence electrons. The van der Waals surface area contributed by atoms with Crippen molar-refractivity contribution in [3.8, 4) is 11.4 Å². The van der Waals surface area contributed by atoms with Gasteiger partial charge in [0.1, 0.15) is 5.82 Å². The number of piperidine rings is 1. The molecule has 1 aliphatic heterocycles. The first-order valence-corrected chi connectivity index (χ1v) is 8.23. The number of benzene rings is 1. The lowest BCUT2D eigenvalue weighted by molar-refractivity contribution is -0.132. The van der Waals surface area contributed by atoms with Gasteiger partial charge in [-0.3, -0.25) is 4.79 Å². The van der Waals surface area contributed by atoms with Crippen LogP contribution in [0.1, 0.15) is 31.6 Å². The molecule has 0 atom stereocenters. The first kappa shape index (κ1) is 19.3. The van der Waals surface area contributed by atoms with Gasteiger partial charge in [-0.25, -0.2) is 4.39 Å². The molecule has 25 heavy (non-hydrogen) atoms. The molecule has 0 radical (unpaired) electrons. The molecule has 0 bridgehead atoms. The highest BCUT2D eigenvalue weighted by atomic mass is 35.5. The fraction of sp³-hybridized carbons (Fsp3) is 0.471. The number of carbonyl (C=O) groups is 1. The fourth-order valence-corrected chi connectivity index (χ4v) is 2.77. The topological polar surface area (TPSA) is 85.2 Å². The molecule has 2 aromatic rings. The lowest BCUT2D eigenvalue weighted by Crippen LogP contribution is -2.42. The zero-order valence-electron chi connectivity index (χ0n) is 13.9. The molecule has 2 heterocycles. The van der Waals surface area contributed by atoms with E-state index in [1.807, 2.05) is 4.90 Å². The second-order valence-corrected chi connectivity index (χ2v) is 6.09. The predicted octanol–water partition coefficient (Wildman–Crippen LogP) is 2.57. The number of aromatic nitrogens is 2. The molecule has 0 aliphatic carbocycles. The Morgan fingerprint density at radius 3 is 2.64 bits per heavy atom. The Morgan fingerprint density at radius 1 is 1.28 bits per heavy atom. The van der Waals surface area contributed by atoms with E-state index in [4.69, 9.17) is 10.3 Å². The van der Waals surface area contributed by atoms with Crippen LogP contribution in [0.4, 0.5) is 4.39 Å². The maximum atomic E-state index is 12.9. The zero-order valence-corrected chi connectivity index (χ0v) is 14.7. The molecule has 2 N–H and O–H groups in total. The number of aryl methyl sites for hydroxylation is 1. The van der Waals surface area contributed by atoms with Crippen molar-refractivity contribution < 1.29 is 13.7 Å². The molecule has 1 aromatic heterocycles.